The highest BCUT2D eigenvalue weighted by atomic mass is 19.1. The van der Waals surface area contributed by atoms with Crippen LogP contribution < -0.4 is 4.90 Å². The van der Waals surface area contributed by atoms with E-state index in [1.807, 2.05) is 30.3 Å². The number of benzene rings is 2. The first-order valence-electron chi connectivity index (χ1n) is 6.41. The molecule has 0 bridgehead atoms. The quantitative estimate of drug-likeness (QED) is 0.802. The number of amides is 1. The average molecular weight is 255 g/mol. The van der Waals surface area contributed by atoms with Gasteiger partial charge in [-0.3, -0.25) is 4.79 Å². The first kappa shape index (κ1) is 11.9. The number of hydrogen-bond acceptors (Lipinski definition) is 1. The molecule has 0 N–H and O–H groups in total. The van der Waals surface area contributed by atoms with E-state index in [2.05, 4.69) is 0 Å². The third-order valence-electron chi connectivity index (χ3n) is 3.40. The second-order valence-corrected chi connectivity index (χ2v) is 4.68. The van der Waals surface area contributed by atoms with Crippen LogP contribution in [0.1, 0.15) is 12.8 Å². The highest BCUT2D eigenvalue weighted by molar-refractivity contribution is 5.99. The molecule has 1 amide bonds. The van der Waals surface area contributed by atoms with Crippen molar-refractivity contribution < 1.29 is 9.18 Å². The predicted molar refractivity (Wildman–Crippen MR) is 73.4 cm³/mol. The van der Waals surface area contributed by atoms with Gasteiger partial charge in [0.25, 0.3) is 0 Å². The molecule has 1 aliphatic rings. The number of hydrogen-bond donors (Lipinski definition) is 0. The van der Waals surface area contributed by atoms with Crippen LogP contribution in [0.4, 0.5) is 10.1 Å². The van der Waals surface area contributed by atoms with Gasteiger partial charge in [0.2, 0.25) is 5.91 Å². The summed E-state index contributed by atoms with van der Waals surface area (Å²) in [6, 6.07) is 14.1. The van der Waals surface area contributed by atoms with Gasteiger partial charge in [-0.05, 0) is 30.2 Å². The summed E-state index contributed by atoms with van der Waals surface area (Å²) in [6.45, 7) is 0.741. The summed E-state index contributed by atoms with van der Waals surface area (Å²) in [7, 11) is 0. The molecule has 0 saturated carbocycles. The van der Waals surface area contributed by atoms with Crippen LogP contribution in [0.15, 0.2) is 48.5 Å². The Kier molecular flexibility index (Phi) is 3.03. The number of para-hydroxylation sites is 1. The van der Waals surface area contributed by atoms with Crippen molar-refractivity contribution in [2.75, 3.05) is 11.4 Å². The molecule has 1 aliphatic heterocycles. The molecule has 0 aromatic heterocycles. The maximum Gasteiger partial charge on any atom is 0.227 e. The Morgan fingerprint density at radius 3 is 2.63 bits per heavy atom. The molecule has 3 rings (SSSR count). The van der Waals surface area contributed by atoms with Crippen LogP contribution in [0, 0.1) is 5.82 Å². The fraction of sp³-hybridized carbons (Fsp3) is 0.188. The number of rotatable bonds is 2. The summed E-state index contributed by atoms with van der Waals surface area (Å²) in [6.07, 6.45) is 1.48. The van der Waals surface area contributed by atoms with Crippen molar-refractivity contribution in [3.05, 3.63) is 54.3 Å². The normalized spacial score (nSPS) is 15.0. The van der Waals surface area contributed by atoms with Crippen LogP contribution in [0.25, 0.3) is 11.1 Å². The van der Waals surface area contributed by atoms with Crippen molar-refractivity contribution in [2.45, 2.75) is 12.8 Å². The molecule has 96 valence electrons. The second kappa shape index (κ2) is 4.84. The summed E-state index contributed by atoms with van der Waals surface area (Å²) < 4.78 is 13.4. The average Bonchev–Trinajstić information content (AvgIpc) is 2.85. The molecule has 2 nitrogen and oxygen atoms in total. The van der Waals surface area contributed by atoms with Gasteiger partial charge in [-0.2, -0.15) is 0 Å². The number of nitrogens with zero attached hydrogens (tertiary/aromatic N) is 1. The Balaban J connectivity index is 2.09. The monoisotopic (exact) mass is 255 g/mol. The third-order valence-corrected chi connectivity index (χ3v) is 3.40. The fourth-order valence-corrected chi connectivity index (χ4v) is 2.51. The number of carbonyl (C=O) groups is 1. The Morgan fingerprint density at radius 2 is 1.89 bits per heavy atom. The summed E-state index contributed by atoms with van der Waals surface area (Å²) in [5.74, 6) is -0.121. The maximum absolute atomic E-state index is 13.4. The predicted octanol–water partition coefficient (Wildman–Crippen LogP) is 3.62. The summed E-state index contributed by atoms with van der Waals surface area (Å²) >= 11 is 0. The summed E-state index contributed by atoms with van der Waals surface area (Å²) in [5, 5.41) is 0. The molecule has 0 aliphatic carbocycles. The van der Waals surface area contributed by atoms with Gasteiger partial charge >= 0.3 is 0 Å². The zero-order valence-corrected chi connectivity index (χ0v) is 10.5. The third kappa shape index (κ3) is 2.24. The van der Waals surface area contributed by atoms with Crippen molar-refractivity contribution in [1.29, 1.82) is 0 Å². The van der Waals surface area contributed by atoms with Crippen LogP contribution in [0.3, 0.4) is 0 Å². The molecular weight excluding hydrogens is 241 g/mol. The minimum Gasteiger partial charge on any atom is -0.312 e. The van der Waals surface area contributed by atoms with E-state index in [-0.39, 0.29) is 11.7 Å². The van der Waals surface area contributed by atoms with Gasteiger partial charge in [-0.1, -0.05) is 30.3 Å². The summed E-state index contributed by atoms with van der Waals surface area (Å²) in [4.78, 5) is 13.7. The Morgan fingerprint density at radius 1 is 1.05 bits per heavy atom. The molecule has 0 unspecified atom stereocenters. The SMILES string of the molecule is O=C1CCCN1c1ccccc1-c1cccc(F)c1. The van der Waals surface area contributed by atoms with Crippen LogP contribution in [0.5, 0.6) is 0 Å². The van der Waals surface area contributed by atoms with Crippen molar-refractivity contribution in [2.24, 2.45) is 0 Å². The maximum atomic E-state index is 13.4. The van der Waals surface area contributed by atoms with Gasteiger partial charge in [0.1, 0.15) is 5.82 Å². The minimum atomic E-state index is -0.264. The van der Waals surface area contributed by atoms with E-state index in [9.17, 15) is 9.18 Å². The minimum absolute atomic E-state index is 0.142. The zero-order chi connectivity index (χ0) is 13.2. The van der Waals surface area contributed by atoms with Gasteiger partial charge in [-0.15, -0.1) is 0 Å². The molecule has 3 heteroatoms. The summed E-state index contributed by atoms with van der Waals surface area (Å²) in [5.41, 5.74) is 2.57. The highest BCUT2D eigenvalue weighted by Gasteiger charge is 2.23. The molecule has 0 atom stereocenters. The Bertz CT molecular complexity index is 624. The van der Waals surface area contributed by atoms with Crippen LogP contribution in [-0.2, 0) is 4.79 Å². The lowest BCUT2D eigenvalue weighted by molar-refractivity contribution is -0.117. The van der Waals surface area contributed by atoms with Crippen molar-refractivity contribution >= 4 is 11.6 Å². The largest absolute Gasteiger partial charge is 0.312 e. The molecule has 1 fully saturated rings. The molecule has 2 aromatic carbocycles. The standard InChI is InChI=1S/C16H14FNO/c17-13-6-3-5-12(11-13)14-7-1-2-8-15(14)18-10-4-9-16(18)19/h1-3,5-8,11H,4,9-10H2. The van der Waals surface area contributed by atoms with Crippen LogP contribution >= 0.6 is 0 Å². The van der Waals surface area contributed by atoms with Crippen LogP contribution in [0.2, 0.25) is 0 Å². The lowest BCUT2D eigenvalue weighted by atomic mass is 10.0. The van der Waals surface area contributed by atoms with E-state index in [4.69, 9.17) is 0 Å². The van der Waals surface area contributed by atoms with Gasteiger partial charge in [0.05, 0.1) is 5.69 Å². The van der Waals surface area contributed by atoms with E-state index < -0.39 is 0 Å². The van der Waals surface area contributed by atoms with Crippen molar-refractivity contribution in [1.82, 2.24) is 0 Å². The van der Waals surface area contributed by atoms with E-state index >= 15 is 0 Å². The Labute approximate surface area is 111 Å². The lowest BCUT2D eigenvalue weighted by Gasteiger charge is -2.19. The topological polar surface area (TPSA) is 20.3 Å². The second-order valence-electron chi connectivity index (χ2n) is 4.68. The first-order valence-corrected chi connectivity index (χ1v) is 6.41. The first-order chi connectivity index (χ1) is 9.25. The fourth-order valence-electron chi connectivity index (χ4n) is 2.51. The zero-order valence-electron chi connectivity index (χ0n) is 10.5. The molecule has 2 aromatic rings. The number of halogens is 1. The van der Waals surface area contributed by atoms with E-state index in [1.54, 1.807) is 11.0 Å². The van der Waals surface area contributed by atoms with E-state index in [0.717, 1.165) is 29.8 Å². The van der Waals surface area contributed by atoms with Crippen LogP contribution in [-0.4, -0.2) is 12.5 Å². The van der Waals surface area contributed by atoms with Crippen molar-refractivity contribution in [3.8, 4) is 11.1 Å². The van der Waals surface area contributed by atoms with Gasteiger partial charge in [-0.25, -0.2) is 4.39 Å². The molecule has 1 heterocycles. The number of carbonyl (C=O) groups excluding carboxylic acids is 1. The van der Waals surface area contributed by atoms with E-state index in [0.29, 0.717) is 6.42 Å². The highest BCUT2D eigenvalue weighted by Crippen LogP contribution is 2.33. The molecule has 0 radical (unpaired) electrons. The smallest absolute Gasteiger partial charge is 0.227 e. The van der Waals surface area contributed by atoms with Crippen molar-refractivity contribution in [3.63, 3.8) is 0 Å². The van der Waals surface area contributed by atoms with Gasteiger partial charge < -0.3 is 4.90 Å². The van der Waals surface area contributed by atoms with Gasteiger partial charge in [0.15, 0.2) is 0 Å². The van der Waals surface area contributed by atoms with Gasteiger partial charge in [0, 0.05) is 18.5 Å². The molecule has 19 heavy (non-hydrogen) atoms. The molecule has 1 saturated heterocycles. The Hall–Kier alpha value is -2.16. The van der Waals surface area contributed by atoms with E-state index in [1.165, 1.54) is 12.1 Å². The number of anilines is 1. The molecule has 0 spiro atoms. The molecular formula is C16H14FNO. The lowest BCUT2D eigenvalue weighted by Crippen LogP contribution is -2.24.